The van der Waals surface area contributed by atoms with Crippen LogP contribution in [0.5, 0.6) is 0 Å². The lowest BCUT2D eigenvalue weighted by atomic mass is 10.2. The lowest BCUT2D eigenvalue weighted by molar-refractivity contribution is 0.789. The standard InChI is InChI=1S/C13H11BrN6/c14-10-1-2-12(15-7-10)8-16-11-3-5-13(6-4-11)20-9-17-18-19-20/h1-7,9,16H,8H2. The Bertz CT molecular complexity index is 663. The molecule has 20 heavy (non-hydrogen) atoms. The predicted octanol–water partition coefficient (Wildman–Crippen LogP) is 2.43. The fourth-order valence-corrected chi connectivity index (χ4v) is 1.95. The van der Waals surface area contributed by atoms with E-state index in [1.807, 2.05) is 36.4 Å². The number of pyridine rings is 1. The molecule has 6 nitrogen and oxygen atoms in total. The average molecular weight is 331 g/mol. The topological polar surface area (TPSA) is 68.5 Å². The van der Waals surface area contributed by atoms with Crippen LogP contribution in [0.4, 0.5) is 5.69 Å². The number of anilines is 1. The van der Waals surface area contributed by atoms with E-state index in [0.29, 0.717) is 6.54 Å². The Morgan fingerprint density at radius 2 is 1.95 bits per heavy atom. The van der Waals surface area contributed by atoms with Crippen LogP contribution in [-0.2, 0) is 6.54 Å². The summed E-state index contributed by atoms with van der Waals surface area (Å²) in [5, 5.41) is 14.4. The van der Waals surface area contributed by atoms with Crippen molar-refractivity contribution in [1.29, 1.82) is 0 Å². The van der Waals surface area contributed by atoms with E-state index in [2.05, 4.69) is 41.8 Å². The summed E-state index contributed by atoms with van der Waals surface area (Å²) in [5.74, 6) is 0. The van der Waals surface area contributed by atoms with Crippen LogP contribution in [0.15, 0.2) is 53.4 Å². The smallest absolute Gasteiger partial charge is 0.143 e. The van der Waals surface area contributed by atoms with Crippen LogP contribution in [0.25, 0.3) is 5.69 Å². The largest absolute Gasteiger partial charge is 0.379 e. The number of aromatic nitrogens is 5. The van der Waals surface area contributed by atoms with Gasteiger partial charge in [0, 0.05) is 16.4 Å². The van der Waals surface area contributed by atoms with Gasteiger partial charge in [-0.25, -0.2) is 4.68 Å². The van der Waals surface area contributed by atoms with E-state index in [1.54, 1.807) is 17.2 Å². The molecule has 0 spiro atoms. The zero-order chi connectivity index (χ0) is 13.8. The number of hydrogen-bond donors (Lipinski definition) is 1. The van der Waals surface area contributed by atoms with Gasteiger partial charge >= 0.3 is 0 Å². The molecular formula is C13H11BrN6. The number of tetrazole rings is 1. The summed E-state index contributed by atoms with van der Waals surface area (Å²) < 4.78 is 2.59. The lowest BCUT2D eigenvalue weighted by Crippen LogP contribution is -2.02. The molecule has 0 atom stereocenters. The summed E-state index contributed by atoms with van der Waals surface area (Å²) in [6.45, 7) is 0.678. The molecule has 1 aromatic carbocycles. The van der Waals surface area contributed by atoms with Crippen molar-refractivity contribution >= 4 is 21.6 Å². The Balaban J connectivity index is 1.65. The Hall–Kier alpha value is -2.28. The molecular weight excluding hydrogens is 320 g/mol. The van der Waals surface area contributed by atoms with Gasteiger partial charge in [-0.2, -0.15) is 0 Å². The normalized spacial score (nSPS) is 10.4. The van der Waals surface area contributed by atoms with Crippen molar-refractivity contribution in [3.05, 3.63) is 59.1 Å². The van der Waals surface area contributed by atoms with Crippen molar-refractivity contribution < 1.29 is 0 Å². The highest BCUT2D eigenvalue weighted by atomic mass is 79.9. The van der Waals surface area contributed by atoms with Crippen LogP contribution in [0.3, 0.4) is 0 Å². The first-order valence-electron chi connectivity index (χ1n) is 5.99. The monoisotopic (exact) mass is 330 g/mol. The average Bonchev–Trinajstić information content (AvgIpc) is 3.01. The molecule has 0 amide bonds. The summed E-state index contributed by atoms with van der Waals surface area (Å²) >= 11 is 3.37. The van der Waals surface area contributed by atoms with Crippen molar-refractivity contribution in [3.8, 4) is 5.69 Å². The first kappa shape index (κ1) is 12.7. The van der Waals surface area contributed by atoms with E-state index < -0.39 is 0 Å². The van der Waals surface area contributed by atoms with Crippen molar-refractivity contribution in [3.63, 3.8) is 0 Å². The number of halogens is 1. The van der Waals surface area contributed by atoms with Crippen LogP contribution in [-0.4, -0.2) is 25.2 Å². The van der Waals surface area contributed by atoms with Crippen molar-refractivity contribution in [2.75, 3.05) is 5.32 Å². The molecule has 0 aliphatic heterocycles. The maximum Gasteiger partial charge on any atom is 0.143 e. The molecule has 0 radical (unpaired) electrons. The van der Waals surface area contributed by atoms with E-state index >= 15 is 0 Å². The third-order valence-electron chi connectivity index (χ3n) is 2.74. The second-order valence-corrected chi connectivity index (χ2v) is 5.04. The van der Waals surface area contributed by atoms with Gasteiger partial charge in [0.15, 0.2) is 0 Å². The molecule has 0 saturated heterocycles. The van der Waals surface area contributed by atoms with Gasteiger partial charge in [-0.1, -0.05) is 0 Å². The van der Waals surface area contributed by atoms with E-state index in [9.17, 15) is 0 Å². The third kappa shape index (κ3) is 3.00. The summed E-state index contributed by atoms with van der Waals surface area (Å²) in [4.78, 5) is 4.31. The number of nitrogens with one attached hydrogen (secondary N) is 1. The predicted molar refractivity (Wildman–Crippen MR) is 78.4 cm³/mol. The van der Waals surface area contributed by atoms with Crippen LogP contribution >= 0.6 is 15.9 Å². The molecule has 100 valence electrons. The first-order chi connectivity index (χ1) is 9.81. The van der Waals surface area contributed by atoms with Gasteiger partial charge in [-0.15, -0.1) is 5.10 Å². The minimum absolute atomic E-state index is 0.678. The maximum absolute atomic E-state index is 4.31. The molecule has 1 N–H and O–H groups in total. The first-order valence-corrected chi connectivity index (χ1v) is 6.78. The highest BCUT2D eigenvalue weighted by Gasteiger charge is 1.99. The van der Waals surface area contributed by atoms with E-state index in [1.165, 1.54) is 0 Å². The number of benzene rings is 1. The SMILES string of the molecule is Brc1ccc(CNc2ccc(-n3cnnn3)cc2)nc1. The summed E-state index contributed by atoms with van der Waals surface area (Å²) in [6.07, 6.45) is 3.35. The van der Waals surface area contributed by atoms with E-state index in [4.69, 9.17) is 0 Å². The minimum Gasteiger partial charge on any atom is -0.379 e. The number of rotatable bonds is 4. The molecule has 0 aliphatic rings. The Morgan fingerprint density at radius 1 is 1.10 bits per heavy atom. The van der Waals surface area contributed by atoms with Crippen molar-refractivity contribution in [2.24, 2.45) is 0 Å². The molecule has 3 rings (SSSR count). The summed E-state index contributed by atoms with van der Waals surface area (Å²) in [6, 6.07) is 11.8. The summed E-state index contributed by atoms with van der Waals surface area (Å²) in [7, 11) is 0. The second kappa shape index (κ2) is 5.79. The molecule has 0 saturated carbocycles. The van der Waals surface area contributed by atoms with Gasteiger partial charge in [0.25, 0.3) is 0 Å². The van der Waals surface area contributed by atoms with Gasteiger partial charge in [0.05, 0.1) is 17.9 Å². The quantitative estimate of drug-likeness (QED) is 0.795. The number of nitrogens with zero attached hydrogens (tertiary/aromatic N) is 5. The Morgan fingerprint density at radius 3 is 2.60 bits per heavy atom. The van der Waals surface area contributed by atoms with Gasteiger partial charge in [-0.05, 0) is 62.8 Å². The highest BCUT2D eigenvalue weighted by Crippen LogP contribution is 2.13. The van der Waals surface area contributed by atoms with E-state index in [0.717, 1.165) is 21.5 Å². The van der Waals surface area contributed by atoms with Crippen LogP contribution in [0.1, 0.15) is 5.69 Å². The van der Waals surface area contributed by atoms with Crippen molar-refractivity contribution in [2.45, 2.75) is 6.54 Å². The summed E-state index contributed by atoms with van der Waals surface area (Å²) in [5.41, 5.74) is 2.92. The third-order valence-corrected chi connectivity index (χ3v) is 3.21. The molecule has 2 aromatic heterocycles. The number of hydrogen-bond acceptors (Lipinski definition) is 5. The lowest BCUT2D eigenvalue weighted by Gasteiger charge is -2.07. The molecule has 3 aromatic rings. The van der Waals surface area contributed by atoms with Crippen LogP contribution < -0.4 is 5.32 Å². The molecule has 0 unspecified atom stereocenters. The second-order valence-electron chi connectivity index (χ2n) is 4.12. The fourth-order valence-electron chi connectivity index (χ4n) is 1.72. The highest BCUT2D eigenvalue weighted by molar-refractivity contribution is 9.10. The van der Waals surface area contributed by atoms with Crippen LogP contribution in [0.2, 0.25) is 0 Å². The van der Waals surface area contributed by atoms with Gasteiger partial charge in [-0.3, -0.25) is 4.98 Å². The minimum atomic E-state index is 0.678. The zero-order valence-corrected chi connectivity index (χ0v) is 12.0. The van der Waals surface area contributed by atoms with Gasteiger partial charge < -0.3 is 5.32 Å². The van der Waals surface area contributed by atoms with Crippen molar-refractivity contribution in [1.82, 2.24) is 25.2 Å². The molecule has 0 aliphatic carbocycles. The maximum atomic E-state index is 4.31. The van der Waals surface area contributed by atoms with Gasteiger partial charge in [0.2, 0.25) is 0 Å². The fraction of sp³-hybridized carbons (Fsp3) is 0.0769. The van der Waals surface area contributed by atoms with E-state index in [-0.39, 0.29) is 0 Å². The molecule has 2 heterocycles. The Labute approximate surface area is 124 Å². The van der Waals surface area contributed by atoms with Crippen LogP contribution in [0, 0.1) is 0 Å². The zero-order valence-electron chi connectivity index (χ0n) is 10.4. The molecule has 7 heteroatoms. The molecule has 0 bridgehead atoms. The van der Waals surface area contributed by atoms with Gasteiger partial charge in [0.1, 0.15) is 6.33 Å². The Kier molecular flexibility index (Phi) is 3.69. The molecule has 0 fully saturated rings.